The highest BCUT2D eigenvalue weighted by Crippen LogP contribution is 2.35. The van der Waals surface area contributed by atoms with Gasteiger partial charge in [0.1, 0.15) is 5.00 Å². The lowest BCUT2D eigenvalue weighted by Crippen LogP contribution is -2.08. The predicted molar refractivity (Wildman–Crippen MR) is 79.0 cm³/mol. The van der Waals surface area contributed by atoms with Crippen LogP contribution in [-0.4, -0.2) is 9.59 Å². The summed E-state index contributed by atoms with van der Waals surface area (Å²) in [7, 11) is 0. The third-order valence-electron chi connectivity index (χ3n) is 2.35. The average molecular weight is 314 g/mol. The first-order valence-corrected chi connectivity index (χ1v) is 8.00. The molecule has 0 saturated heterocycles. The molecule has 3 nitrogen and oxygen atoms in total. The van der Waals surface area contributed by atoms with Crippen LogP contribution in [-0.2, 0) is 0 Å². The van der Waals surface area contributed by atoms with E-state index in [-0.39, 0.29) is 6.04 Å². The van der Waals surface area contributed by atoms with E-state index < -0.39 is 0 Å². The number of rotatable bonds is 4. The zero-order valence-electron chi connectivity index (χ0n) is 9.04. The van der Waals surface area contributed by atoms with Crippen LogP contribution in [0.25, 0.3) is 0 Å². The van der Waals surface area contributed by atoms with E-state index in [0.29, 0.717) is 0 Å². The van der Waals surface area contributed by atoms with E-state index in [4.69, 9.17) is 11.6 Å². The molecule has 3 aromatic heterocycles. The molecule has 0 aliphatic carbocycles. The van der Waals surface area contributed by atoms with Gasteiger partial charge in [0.05, 0.1) is 16.6 Å². The Morgan fingerprint density at radius 1 is 1.22 bits per heavy atom. The third kappa shape index (κ3) is 2.56. The molecule has 1 unspecified atom stereocenters. The highest BCUT2D eigenvalue weighted by molar-refractivity contribution is 7.16. The normalized spacial score (nSPS) is 12.5. The van der Waals surface area contributed by atoms with Gasteiger partial charge in [-0.25, -0.2) is 0 Å². The number of nitrogens with one attached hydrogen (secondary N) is 1. The van der Waals surface area contributed by atoms with Crippen molar-refractivity contribution < 1.29 is 0 Å². The Kier molecular flexibility index (Phi) is 3.60. The van der Waals surface area contributed by atoms with Gasteiger partial charge in [0, 0.05) is 21.3 Å². The second-order valence-electron chi connectivity index (χ2n) is 3.52. The van der Waals surface area contributed by atoms with Gasteiger partial charge in [0.2, 0.25) is 0 Å². The van der Waals surface area contributed by atoms with E-state index in [9.17, 15) is 0 Å². The van der Waals surface area contributed by atoms with Crippen LogP contribution in [0.1, 0.15) is 15.8 Å². The number of thiophene rings is 2. The summed E-state index contributed by atoms with van der Waals surface area (Å²) in [5, 5.41) is 10.3. The molecule has 0 bridgehead atoms. The molecule has 92 valence electrons. The van der Waals surface area contributed by atoms with Gasteiger partial charge in [-0.1, -0.05) is 22.2 Å². The van der Waals surface area contributed by atoms with Crippen molar-refractivity contribution in [1.29, 1.82) is 0 Å². The Morgan fingerprint density at radius 3 is 2.78 bits per heavy atom. The van der Waals surface area contributed by atoms with Crippen molar-refractivity contribution in [2.24, 2.45) is 0 Å². The minimum atomic E-state index is 0.116. The molecule has 0 aliphatic rings. The smallest absolute Gasteiger partial charge is 0.130 e. The summed E-state index contributed by atoms with van der Waals surface area (Å²) >= 11 is 10.7. The van der Waals surface area contributed by atoms with Crippen molar-refractivity contribution in [2.75, 3.05) is 5.32 Å². The lowest BCUT2D eigenvalue weighted by molar-refractivity contribution is 0.997. The molecule has 0 aromatic carbocycles. The first kappa shape index (κ1) is 12.1. The van der Waals surface area contributed by atoms with Crippen LogP contribution < -0.4 is 5.32 Å². The van der Waals surface area contributed by atoms with E-state index in [1.165, 1.54) is 21.3 Å². The molecule has 3 aromatic rings. The standard InChI is InChI=1S/C11H8ClN3S3/c12-9-4-3-8(17-9)11(7-2-1-5-16-7)14-10-6-13-15-18-10/h1-6,11,14H. The van der Waals surface area contributed by atoms with Crippen LogP contribution in [0.2, 0.25) is 4.34 Å². The van der Waals surface area contributed by atoms with Crippen LogP contribution in [0.3, 0.4) is 0 Å². The molecule has 1 atom stereocenters. The maximum absolute atomic E-state index is 6.02. The van der Waals surface area contributed by atoms with Crippen molar-refractivity contribution in [3.8, 4) is 0 Å². The van der Waals surface area contributed by atoms with Crippen molar-refractivity contribution in [2.45, 2.75) is 6.04 Å². The van der Waals surface area contributed by atoms with Crippen LogP contribution in [0, 0.1) is 0 Å². The van der Waals surface area contributed by atoms with Gasteiger partial charge in [0.25, 0.3) is 0 Å². The van der Waals surface area contributed by atoms with Crippen molar-refractivity contribution >= 4 is 50.8 Å². The fraction of sp³-hybridized carbons (Fsp3) is 0.0909. The Balaban J connectivity index is 1.93. The third-order valence-corrected chi connectivity index (χ3v) is 5.18. The van der Waals surface area contributed by atoms with E-state index in [1.807, 2.05) is 6.07 Å². The van der Waals surface area contributed by atoms with E-state index in [2.05, 4.69) is 38.5 Å². The first-order valence-electron chi connectivity index (χ1n) is 5.15. The summed E-state index contributed by atoms with van der Waals surface area (Å²) < 4.78 is 4.67. The maximum Gasteiger partial charge on any atom is 0.130 e. The zero-order chi connectivity index (χ0) is 12.4. The molecule has 0 aliphatic heterocycles. The molecule has 3 heterocycles. The Morgan fingerprint density at radius 2 is 2.17 bits per heavy atom. The van der Waals surface area contributed by atoms with Gasteiger partial charge in [-0.05, 0) is 23.6 Å². The van der Waals surface area contributed by atoms with Gasteiger partial charge >= 0.3 is 0 Å². The molecule has 3 rings (SSSR count). The minimum Gasteiger partial charge on any atom is -0.362 e. The molecule has 0 fully saturated rings. The quantitative estimate of drug-likeness (QED) is 0.769. The van der Waals surface area contributed by atoms with Crippen LogP contribution >= 0.6 is 45.8 Å². The largest absolute Gasteiger partial charge is 0.362 e. The lowest BCUT2D eigenvalue weighted by atomic mass is 10.2. The van der Waals surface area contributed by atoms with E-state index in [1.54, 1.807) is 28.9 Å². The molecular formula is C11H8ClN3S3. The Hall–Kier alpha value is -0.950. The maximum atomic E-state index is 6.02. The first-order chi connectivity index (χ1) is 8.83. The molecule has 1 N–H and O–H groups in total. The van der Waals surface area contributed by atoms with Gasteiger partial charge in [-0.2, -0.15) is 0 Å². The molecule has 0 radical (unpaired) electrons. The second kappa shape index (κ2) is 5.36. The van der Waals surface area contributed by atoms with Crippen LogP contribution in [0.15, 0.2) is 35.8 Å². The SMILES string of the molecule is Clc1ccc(C(Nc2cnns2)c2cccs2)s1. The summed E-state index contributed by atoms with van der Waals surface area (Å²) in [5.74, 6) is 0. The number of nitrogens with zero attached hydrogens (tertiary/aromatic N) is 2. The zero-order valence-corrected chi connectivity index (χ0v) is 12.2. The van der Waals surface area contributed by atoms with Crippen molar-refractivity contribution in [3.63, 3.8) is 0 Å². The van der Waals surface area contributed by atoms with Gasteiger partial charge in [0.15, 0.2) is 0 Å². The average Bonchev–Trinajstić information content (AvgIpc) is 3.09. The summed E-state index contributed by atoms with van der Waals surface area (Å²) in [4.78, 5) is 2.44. The number of halogens is 1. The topological polar surface area (TPSA) is 37.8 Å². The monoisotopic (exact) mass is 313 g/mol. The highest BCUT2D eigenvalue weighted by atomic mass is 35.5. The molecule has 18 heavy (non-hydrogen) atoms. The van der Waals surface area contributed by atoms with Crippen LogP contribution in [0.5, 0.6) is 0 Å². The molecule has 0 spiro atoms. The van der Waals surface area contributed by atoms with E-state index in [0.717, 1.165) is 9.34 Å². The minimum absolute atomic E-state index is 0.116. The molecule has 0 saturated carbocycles. The highest BCUT2D eigenvalue weighted by Gasteiger charge is 2.17. The summed E-state index contributed by atoms with van der Waals surface area (Å²) in [5.41, 5.74) is 0. The number of anilines is 1. The predicted octanol–water partition coefficient (Wildman–Crippen LogP) is 4.52. The van der Waals surface area contributed by atoms with Gasteiger partial charge < -0.3 is 5.32 Å². The second-order valence-corrected chi connectivity index (χ2v) is 7.03. The fourth-order valence-electron chi connectivity index (χ4n) is 1.59. The summed E-state index contributed by atoms with van der Waals surface area (Å²) in [6, 6.07) is 8.26. The van der Waals surface area contributed by atoms with Gasteiger partial charge in [-0.3, -0.25) is 0 Å². The molecule has 0 amide bonds. The number of aromatic nitrogens is 2. The lowest BCUT2D eigenvalue weighted by Gasteiger charge is -2.15. The van der Waals surface area contributed by atoms with Crippen molar-refractivity contribution in [1.82, 2.24) is 9.59 Å². The molecular weight excluding hydrogens is 306 g/mol. The number of hydrogen-bond acceptors (Lipinski definition) is 6. The van der Waals surface area contributed by atoms with Gasteiger partial charge in [-0.15, -0.1) is 27.8 Å². The summed E-state index contributed by atoms with van der Waals surface area (Å²) in [6.45, 7) is 0. The van der Waals surface area contributed by atoms with Crippen LogP contribution in [0.4, 0.5) is 5.00 Å². The fourth-order valence-corrected chi connectivity index (χ4v) is 4.04. The number of hydrogen-bond donors (Lipinski definition) is 1. The summed E-state index contributed by atoms with van der Waals surface area (Å²) in [6.07, 6.45) is 1.74. The van der Waals surface area contributed by atoms with Crippen molar-refractivity contribution in [3.05, 3.63) is 49.9 Å². The molecule has 7 heteroatoms. The Bertz CT molecular complexity index is 603. The Labute approximate surface area is 121 Å². The van der Waals surface area contributed by atoms with E-state index >= 15 is 0 Å².